The maximum atomic E-state index is 5.30. The Hall–Kier alpha value is -0.830. The molecule has 0 amide bonds. The summed E-state index contributed by atoms with van der Waals surface area (Å²) in [6.07, 6.45) is 5.83. The van der Waals surface area contributed by atoms with Crippen LogP contribution in [-0.4, -0.2) is 23.0 Å². The maximum Gasteiger partial charge on any atom is 0.211 e. The molecule has 66 valence electrons. The molecule has 2 heterocycles. The molecule has 1 aliphatic rings. The predicted octanol–water partition coefficient (Wildman–Crippen LogP) is 1.83. The summed E-state index contributed by atoms with van der Waals surface area (Å²) in [6, 6.07) is 0.435. The SMILES string of the molecule is CCN1CCC[C@H]1c1ncco1. The molecule has 1 aromatic rings. The highest BCUT2D eigenvalue weighted by molar-refractivity contribution is 4.94. The average molecular weight is 166 g/mol. The molecule has 1 saturated heterocycles. The van der Waals surface area contributed by atoms with Crippen LogP contribution < -0.4 is 0 Å². The van der Waals surface area contributed by atoms with Gasteiger partial charge in [-0.15, -0.1) is 0 Å². The molecule has 0 aliphatic carbocycles. The van der Waals surface area contributed by atoms with E-state index in [2.05, 4.69) is 16.8 Å². The second-order valence-corrected chi connectivity index (χ2v) is 3.16. The molecule has 1 fully saturated rings. The van der Waals surface area contributed by atoms with Gasteiger partial charge in [0.1, 0.15) is 6.26 Å². The van der Waals surface area contributed by atoms with Crippen LogP contribution in [0.2, 0.25) is 0 Å². The van der Waals surface area contributed by atoms with Crippen molar-refractivity contribution in [2.75, 3.05) is 13.1 Å². The van der Waals surface area contributed by atoms with Crippen LogP contribution in [-0.2, 0) is 0 Å². The van der Waals surface area contributed by atoms with Crippen LogP contribution in [0.15, 0.2) is 16.9 Å². The molecule has 0 saturated carbocycles. The Morgan fingerprint density at radius 2 is 2.67 bits per heavy atom. The van der Waals surface area contributed by atoms with E-state index in [-0.39, 0.29) is 0 Å². The van der Waals surface area contributed by atoms with E-state index in [9.17, 15) is 0 Å². The molecular formula is C9H14N2O. The van der Waals surface area contributed by atoms with Crippen molar-refractivity contribution in [2.45, 2.75) is 25.8 Å². The first-order valence-corrected chi connectivity index (χ1v) is 4.55. The molecule has 3 heteroatoms. The fourth-order valence-electron chi connectivity index (χ4n) is 1.88. The Balaban J connectivity index is 2.13. The Morgan fingerprint density at radius 1 is 1.75 bits per heavy atom. The van der Waals surface area contributed by atoms with Gasteiger partial charge in [0, 0.05) is 0 Å². The largest absolute Gasteiger partial charge is 0.447 e. The summed E-state index contributed by atoms with van der Waals surface area (Å²) < 4.78 is 5.30. The van der Waals surface area contributed by atoms with Gasteiger partial charge in [-0.1, -0.05) is 6.92 Å². The van der Waals surface area contributed by atoms with Crippen LogP contribution in [0.25, 0.3) is 0 Å². The van der Waals surface area contributed by atoms with Crippen molar-refractivity contribution >= 4 is 0 Å². The van der Waals surface area contributed by atoms with Gasteiger partial charge in [0.05, 0.1) is 12.2 Å². The van der Waals surface area contributed by atoms with E-state index < -0.39 is 0 Å². The second kappa shape index (κ2) is 3.27. The van der Waals surface area contributed by atoms with Crippen molar-refractivity contribution in [2.24, 2.45) is 0 Å². The zero-order valence-corrected chi connectivity index (χ0v) is 7.36. The lowest BCUT2D eigenvalue weighted by Crippen LogP contribution is -2.22. The van der Waals surface area contributed by atoms with E-state index in [4.69, 9.17) is 4.42 Å². The number of nitrogens with zero attached hydrogens (tertiary/aromatic N) is 2. The molecule has 2 rings (SSSR count). The Morgan fingerprint density at radius 3 is 3.33 bits per heavy atom. The van der Waals surface area contributed by atoms with Crippen LogP contribution >= 0.6 is 0 Å². The first kappa shape index (κ1) is 7.80. The predicted molar refractivity (Wildman–Crippen MR) is 45.7 cm³/mol. The summed E-state index contributed by atoms with van der Waals surface area (Å²) in [5.41, 5.74) is 0. The Labute approximate surface area is 72.4 Å². The van der Waals surface area contributed by atoms with E-state index in [0.717, 1.165) is 12.4 Å². The third kappa shape index (κ3) is 1.25. The number of rotatable bonds is 2. The lowest BCUT2D eigenvalue weighted by Gasteiger charge is -2.19. The van der Waals surface area contributed by atoms with Crippen molar-refractivity contribution in [1.82, 2.24) is 9.88 Å². The first-order chi connectivity index (χ1) is 5.92. The molecule has 0 radical (unpaired) electrons. The summed E-state index contributed by atoms with van der Waals surface area (Å²) in [6.45, 7) is 4.46. The van der Waals surface area contributed by atoms with Gasteiger partial charge in [-0.3, -0.25) is 4.90 Å². The van der Waals surface area contributed by atoms with Gasteiger partial charge in [-0.05, 0) is 25.9 Å². The summed E-state index contributed by atoms with van der Waals surface area (Å²) in [4.78, 5) is 6.60. The van der Waals surface area contributed by atoms with E-state index >= 15 is 0 Å². The molecule has 12 heavy (non-hydrogen) atoms. The highest BCUT2D eigenvalue weighted by atomic mass is 16.3. The summed E-state index contributed by atoms with van der Waals surface area (Å²) in [7, 11) is 0. The van der Waals surface area contributed by atoms with Crippen molar-refractivity contribution in [3.05, 3.63) is 18.4 Å². The normalized spacial score (nSPS) is 24.9. The van der Waals surface area contributed by atoms with E-state index in [1.165, 1.54) is 19.4 Å². The molecule has 1 aromatic heterocycles. The standard InChI is InChI=1S/C9H14N2O/c1-2-11-6-3-4-8(11)9-10-5-7-12-9/h5,7-8H,2-4,6H2,1H3/t8-/m0/s1. The third-order valence-corrected chi connectivity index (χ3v) is 2.51. The highest BCUT2D eigenvalue weighted by Crippen LogP contribution is 2.29. The van der Waals surface area contributed by atoms with Crippen molar-refractivity contribution in [3.8, 4) is 0 Å². The molecule has 1 atom stereocenters. The quantitative estimate of drug-likeness (QED) is 0.671. The Kier molecular flexibility index (Phi) is 2.13. The van der Waals surface area contributed by atoms with Gasteiger partial charge >= 0.3 is 0 Å². The number of hydrogen-bond donors (Lipinski definition) is 0. The van der Waals surface area contributed by atoms with Crippen LogP contribution in [0.5, 0.6) is 0 Å². The van der Waals surface area contributed by atoms with Crippen molar-refractivity contribution in [1.29, 1.82) is 0 Å². The number of likely N-dealkylation sites (tertiary alicyclic amines) is 1. The molecule has 0 spiro atoms. The van der Waals surface area contributed by atoms with Gasteiger partial charge in [0.25, 0.3) is 0 Å². The van der Waals surface area contributed by atoms with Gasteiger partial charge in [0.2, 0.25) is 5.89 Å². The van der Waals surface area contributed by atoms with Gasteiger partial charge in [-0.2, -0.15) is 0 Å². The molecule has 1 aliphatic heterocycles. The number of oxazole rings is 1. The minimum Gasteiger partial charge on any atom is -0.447 e. The molecule has 0 N–H and O–H groups in total. The van der Waals surface area contributed by atoms with Gasteiger partial charge in [-0.25, -0.2) is 4.98 Å². The summed E-state index contributed by atoms with van der Waals surface area (Å²) in [5.74, 6) is 0.884. The van der Waals surface area contributed by atoms with Crippen LogP contribution in [0.3, 0.4) is 0 Å². The Bertz CT molecular complexity index is 233. The van der Waals surface area contributed by atoms with Gasteiger partial charge < -0.3 is 4.42 Å². The minimum absolute atomic E-state index is 0.435. The monoisotopic (exact) mass is 166 g/mol. The molecular weight excluding hydrogens is 152 g/mol. The van der Waals surface area contributed by atoms with Crippen molar-refractivity contribution in [3.63, 3.8) is 0 Å². The van der Waals surface area contributed by atoms with E-state index in [0.29, 0.717) is 6.04 Å². The fraction of sp³-hybridized carbons (Fsp3) is 0.667. The summed E-state index contributed by atoms with van der Waals surface area (Å²) >= 11 is 0. The lowest BCUT2D eigenvalue weighted by atomic mass is 10.2. The van der Waals surface area contributed by atoms with Crippen molar-refractivity contribution < 1.29 is 4.42 Å². The van der Waals surface area contributed by atoms with Crippen LogP contribution in [0.4, 0.5) is 0 Å². The summed E-state index contributed by atoms with van der Waals surface area (Å²) in [5, 5.41) is 0. The zero-order valence-electron chi connectivity index (χ0n) is 7.36. The lowest BCUT2D eigenvalue weighted by molar-refractivity contribution is 0.233. The molecule has 0 aromatic carbocycles. The molecule has 0 unspecified atom stereocenters. The minimum atomic E-state index is 0.435. The topological polar surface area (TPSA) is 29.3 Å². The maximum absolute atomic E-state index is 5.30. The van der Waals surface area contributed by atoms with Crippen LogP contribution in [0, 0.1) is 0 Å². The number of aromatic nitrogens is 1. The fourth-order valence-corrected chi connectivity index (χ4v) is 1.88. The average Bonchev–Trinajstić information content (AvgIpc) is 2.74. The van der Waals surface area contributed by atoms with E-state index in [1.807, 2.05) is 0 Å². The van der Waals surface area contributed by atoms with E-state index in [1.54, 1.807) is 12.5 Å². The molecule has 0 bridgehead atoms. The van der Waals surface area contributed by atoms with Gasteiger partial charge in [0.15, 0.2) is 0 Å². The molecule has 3 nitrogen and oxygen atoms in total. The first-order valence-electron chi connectivity index (χ1n) is 4.55. The second-order valence-electron chi connectivity index (χ2n) is 3.16. The zero-order chi connectivity index (χ0) is 8.39. The van der Waals surface area contributed by atoms with Crippen LogP contribution in [0.1, 0.15) is 31.7 Å². The number of hydrogen-bond acceptors (Lipinski definition) is 3. The third-order valence-electron chi connectivity index (χ3n) is 2.51. The highest BCUT2D eigenvalue weighted by Gasteiger charge is 2.27. The smallest absolute Gasteiger partial charge is 0.211 e.